The number of anilines is 1. The first-order chi connectivity index (χ1) is 9.54. The van der Waals surface area contributed by atoms with Crippen LogP contribution < -0.4 is 10.0 Å². The van der Waals surface area contributed by atoms with Gasteiger partial charge in [-0.3, -0.25) is 14.5 Å². The highest BCUT2D eigenvalue weighted by Crippen LogP contribution is 2.43. The van der Waals surface area contributed by atoms with Crippen molar-refractivity contribution >= 4 is 23.5 Å². The molecule has 6 heteroatoms. The minimum Gasteiger partial charge on any atom is -0.545 e. The summed E-state index contributed by atoms with van der Waals surface area (Å²) >= 11 is 0. The van der Waals surface area contributed by atoms with Gasteiger partial charge in [-0.15, -0.1) is 0 Å². The van der Waals surface area contributed by atoms with Gasteiger partial charge >= 0.3 is 0 Å². The van der Waals surface area contributed by atoms with E-state index in [4.69, 9.17) is 0 Å². The molecule has 2 aliphatic rings. The van der Waals surface area contributed by atoms with Crippen molar-refractivity contribution in [3.8, 4) is 0 Å². The first-order valence-corrected chi connectivity index (χ1v) is 6.49. The molecule has 1 aromatic rings. The van der Waals surface area contributed by atoms with Gasteiger partial charge in [-0.25, -0.2) is 0 Å². The summed E-state index contributed by atoms with van der Waals surface area (Å²) in [4.78, 5) is 38.8. The van der Waals surface area contributed by atoms with Gasteiger partial charge in [0.2, 0.25) is 5.91 Å². The van der Waals surface area contributed by atoms with Crippen molar-refractivity contribution in [3.05, 3.63) is 29.8 Å². The number of hydrogen-bond acceptors (Lipinski definition) is 4. The van der Waals surface area contributed by atoms with Crippen molar-refractivity contribution in [3.63, 3.8) is 0 Å². The molecule has 0 spiro atoms. The number of benzene rings is 1. The average Bonchev–Trinajstić information content (AvgIpc) is 2.79. The Balaban J connectivity index is 2.31. The third-order valence-corrected chi connectivity index (χ3v) is 4.02. The van der Waals surface area contributed by atoms with Crippen LogP contribution >= 0.6 is 0 Å². The largest absolute Gasteiger partial charge is 0.545 e. The molecule has 1 saturated heterocycles. The van der Waals surface area contributed by atoms with E-state index in [0.29, 0.717) is 11.3 Å². The Kier molecular flexibility index (Phi) is 2.57. The van der Waals surface area contributed by atoms with Crippen molar-refractivity contribution in [1.82, 2.24) is 4.90 Å². The van der Waals surface area contributed by atoms with E-state index in [-0.39, 0.29) is 31.2 Å². The van der Waals surface area contributed by atoms with Crippen LogP contribution in [0.25, 0.3) is 0 Å². The molecule has 2 amide bonds. The van der Waals surface area contributed by atoms with Gasteiger partial charge in [-0.05, 0) is 19.1 Å². The summed E-state index contributed by atoms with van der Waals surface area (Å²) in [6.07, 6.45) is 0.147. The average molecular weight is 273 g/mol. The second-order valence-corrected chi connectivity index (χ2v) is 4.90. The lowest BCUT2D eigenvalue weighted by Crippen LogP contribution is -2.71. The molecule has 2 heterocycles. The predicted octanol–water partition coefficient (Wildman–Crippen LogP) is -0.265. The molecular formula is C14H13N2O4-. The predicted molar refractivity (Wildman–Crippen MR) is 67.6 cm³/mol. The Morgan fingerprint density at radius 1 is 1.35 bits per heavy atom. The lowest BCUT2D eigenvalue weighted by Gasteiger charge is -2.50. The zero-order chi connectivity index (χ0) is 14.5. The van der Waals surface area contributed by atoms with Crippen LogP contribution in [0.1, 0.15) is 30.1 Å². The lowest BCUT2D eigenvalue weighted by molar-refractivity contribution is -0.317. The Morgan fingerprint density at radius 2 is 2.05 bits per heavy atom. The maximum Gasteiger partial charge on any atom is 0.258 e. The fraction of sp³-hybridized carbons (Fsp3) is 0.357. The van der Waals surface area contributed by atoms with Gasteiger partial charge in [0, 0.05) is 19.4 Å². The normalized spacial score (nSPS) is 24.6. The molecule has 0 radical (unpaired) electrons. The lowest BCUT2D eigenvalue weighted by atomic mass is 9.97. The zero-order valence-corrected chi connectivity index (χ0v) is 11.0. The molecule has 1 fully saturated rings. The Labute approximate surface area is 115 Å². The summed E-state index contributed by atoms with van der Waals surface area (Å²) in [6.45, 7) is 1.89. The highest BCUT2D eigenvalue weighted by Gasteiger charge is 2.56. The third kappa shape index (κ3) is 1.31. The smallest absolute Gasteiger partial charge is 0.258 e. The van der Waals surface area contributed by atoms with Crippen molar-refractivity contribution in [1.29, 1.82) is 0 Å². The van der Waals surface area contributed by atoms with Crippen molar-refractivity contribution < 1.29 is 19.5 Å². The monoisotopic (exact) mass is 273 g/mol. The van der Waals surface area contributed by atoms with E-state index in [2.05, 4.69) is 0 Å². The van der Waals surface area contributed by atoms with Gasteiger partial charge in [0.1, 0.15) is 0 Å². The number of fused-ring (bicyclic) bond motifs is 3. The number of para-hydroxylation sites is 1. The number of carboxylic acids is 1. The van der Waals surface area contributed by atoms with Crippen LogP contribution in [0, 0.1) is 0 Å². The number of nitrogens with zero attached hydrogens (tertiary/aromatic N) is 2. The summed E-state index contributed by atoms with van der Waals surface area (Å²) in [5, 5.41) is 11.7. The van der Waals surface area contributed by atoms with Crippen molar-refractivity contribution in [2.24, 2.45) is 0 Å². The molecule has 0 bridgehead atoms. The molecule has 20 heavy (non-hydrogen) atoms. The molecule has 0 aromatic heterocycles. The van der Waals surface area contributed by atoms with Crippen molar-refractivity contribution in [2.75, 3.05) is 11.4 Å². The summed E-state index contributed by atoms with van der Waals surface area (Å²) in [5.41, 5.74) is -0.979. The first-order valence-electron chi connectivity index (χ1n) is 6.49. The molecule has 1 atom stereocenters. The van der Waals surface area contributed by atoms with E-state index in [1.165, 1.54) is 9.80 Å². The van der Waals surface area contributed by atoms with E-state index < -0.39 is 11.6 Å². The Morgan fingerprint density at radius 3 is 2.70 bits per heavy atom. The summed E-state index contributed by atoms with van der Waals surface area (Å²) < 4.78 is 0. The third-order valence-electron chi connectivity index (χ3n) is 4.02. The maximum absolute atomic E-state index is 12.5. The van der Waals surface area contributed by atoms with E-state index in [1.807, 2.05) is 0 Å². The van der Waals surface area contributed by atoms with Gasteiger partial charge in [0.05, 0.1) is 17.2 Å². The van der Waals surface area contributed by atoms with Gasteiger partial charge in [0.25, 0.3) is 5.91 Å². The number of likely N-dealkylation sites (N-methyl/N-ethyl adjacent to an activating group) is 1. The SMILES string of the molecule is CCN1C(=O)c2ccccc2N2C(=O)CC[C@@]12C(=O)[O-]. The minimum absolute atomic E-state index is 0.0576. The summed E-state index contributed by atoms with van der Waals surface area (Å²) in [6, 6.07) is 6.57. The molecule has 3 rings (SSSR count). The number of carbonyl (C=O) groups is 3. The van der Waals surface area contributed by atoms with Gasteiger partial charge in [0.15, 0.2) is 5.66 Å². The van der Waals surface area contributed by atoms with Gasteiger partial charge in [-0.1, -0.05) is 12.1 Å². The van der Waals surface area contributed by atoms with Crippen LogP contribution in [0.5, 0.6) is 0 Å². The van der Waals surface area contributed by atoms with Gasteiger partial charge in [-0.2, -0.15) is 0 Å². The number of amides is 2. The molecule has 0 unspecified atom stereocenters. The fourth-order valence-electron chi connectivity index (χ4n) is 3.17. The highest BCUT2D eigenvalue weighted by molar-refractivity contribution is 6.15. The summed E-state index contributed by atoms with van der Waals surface area (Å²) in [7, 11) is 0. The number of carbonyl (C=O) groups excluding carboxylic acids is 3. The fourth-order valence-corrected chi connectivity index (χ4v) is 3.17. The van der Waals surface area contributed by atoms with Crippen molar-refractivity contribution in [2.45, 2.75) is 25.4 Å². The number of hydrogen-bond donors (Lipinski definition) is 0. The zero-order valence-electron chi connectivity index (χ0n) is 11.0. The molecule has 0 N–H and O–H groups in total. The second kappa shape index (κ2) is 4.06. The summed E-state index contributed by atoms with van der Waals surface area (Å²) in [5.74, 6) is -2.08. The second-order valence-electron chi connectivity index (χ2n) is 4.90. The molecule has 6 nitrogen and oxygen atoms in total. The Hall–Kier alpha value is -2.37. The van der Waals surface area contributed by atoms with Crippen LogP contribution in [0.2, 0.25) is 0 Å². The number of rotatable bonds is 2. The molecule has 104 valence electrons. The van der Waals surface area contributed by atoms with Crippen LogP contribution in [0.3, 0.4) is 0 Å². The van der Waals surface area contributed by atoms with Gasteiger partial charge < -0.3 is 14.8 Å². The standard InChI is InChI=1S/C14H14N2O4/c1-2-15-12(18)9-5-3-4-6-10(9)16-11(17)7-8-14(15,16)13(19)20/h3-6H,2,7-8H2,1H3,(H,19,20)/p-1/t14-/m1/s1. The van der Waals surface area contributed by atoms with E-state index in [1.54, 1.807) is 31.2 Å². The Bertz CT molecular complexity index is 627. The number of aliphatic carboxylic acids is 1. The molecule has 2 aliphatic heterocycles. The number of carboxylic acid groups (broad SMARTS) is 1. The molecule has 0 saturated carbocycles. The first kappa shape index (κ1) is 12.7. The maximum atomic E-state index is 12.5. The minimum atomic E-state index is -1.68. The van der Waals surface area contributed by atoms with Crippen LogP contribution in [0.4, 0.5) is 5.69 Å². The molecule has 1 aromatic carbocycles. The quantitative estimate of drug-likeness (QED) is 0.743. The molecule has 0 aliphatic carbocycles. The van der Waals surface area contributed by atoms with Crippen LogP contribution in [-0.2, 0) is 9.59 Å². The van der Waals surface area contributed by atoms with E-state index >= 15 is 0 Å². The van der Waals surface area contributed by atoms with E-state index in [0.717, 1.165) is 0 Å². The highest BCUT2D eigenvalue weighted by atomic mass is 16.4. The topological polar surface area (TPSA) is 80.8 Å². The van der Waals surface area contributed by atoms with Crippen LogP contribution in [0.15, 0.2) is 24.3 Å². The van der Waals surface area contributed by atoms with Crippen LogP contribution in [-0.4, -0.2) is 34.9 Å². The van der Waals surface area contributed by atoms with E-state index in [9.17, 15) is 19.5 Å². The molecular weight excluding hydrogens is 260 g/mol.